The first-order chi connectivity index (χ1) is 11.2. The highest BCUT2D eigenvalue weighted by Crippen LogP contribution is 2.40. The summed E-state index contributed by atoms with van der Waals surface area (Å²) in [5.41, 5.74) is 0.185. The lowest BCUT2D eigenvalue weighted by Gasteiger charge is -2.55. The second-order valence-electron chi connectivity index (χ2n) is 9.81. The smallest absolute Gasteiger partial charge is 0.0713 e. The first-order valence-electron chi connectivity index (χ1n) is 10.3. The van der Waals surface area contributed by atoms with Gasteiger partial charge >= 0.3 is 0 Å². The summed E-state index contributed by atoms with van der Waals surface area (Å²) in [4.78, 5) is 8.92. The number of hydroxylamine groups is 2. The molecule has 1 heterocycles. The molecule has 1 saturated carbocycles. The van der Waals surface area contributed by atoms with Gasteiger partial charge in [0.2, 0.25) is 0 Å². The summed E-state index contributed by atoms with van der Waals surface area (Å²) in [6.45, 7) is 10.3. The van der Waals surface area contributed by atoms with Gasteiger partial charge in [0.25, 0.3) is 0 Å². The van der Waals surface area contributed by atoms with E-state index in [0.717, 1.165) is 12.5 Å². The predicted octanol–water partition coefficient (Wildman–Crippen LogP) is 5.25. The second kappa shape index (κ2) is 8.51. The Morgan fingerprint density at radius 3 is 1.75 bits per heavy atom. The van der Waals surface area contributed by atoms with E-state index in [9.17, 15) is 0 Å². The molecule has 0 aromatic carbocycles. The maximum Gasteiger partial charge on any atom is 0.0713 e. The summed E-state index contributed by atoms with van der Waals surface area (Å²) >= 11 is 0. The molecule has 0 bridgehead atoms. The molecule has 0 radical (unpaired) electrons. The Kier molecular flexibility index (Phi) is 7.16. The molecule has 3 heteroatoms. The van der Waals surface area contributed by atoms with E-state index >= 15 is 0 Å². The Morgan fingerprint density at radius 2 is 1.29 bits per heavy atom. The van der Waals surface area contributed by atoms with E-state index in [0.29, 0.717) is 6.04 Å². The number of hydrogen-bond donors (Lipinski definition) is 0. The molecule has 0 atom stereocenters. The molecule has 1 aliphatic heterocycles. The zero-order chi connectivity index (χ0) is 17.8. The van der Waals surface area contributed by atoms with E-state index < -0.39 is 0 Å². The maximum absolute atomic E-state index is 6.53. The first kappa shape index (κ1) is 20.2. The van der Waals surface area contributed by atoms with Crippen LogP contribution >= 0.6 is 0 Å². The Morgan fingerprint density at radius 1 is 0.833 bits per heavy atom. The van der Waals surface area contributed by atoms with Crippen molar-refractivity contribution in [1.82, 2.24) is 9.96 Å². The second-order valence-corrected chi connectivity index (χ2v) is 9.81. The molecule has 0 spiro atoms. The van der Waals surface area contributed by atoms with E-state index in [1.165, 1.54) is 64.2 Å². The van der Waals surface area contributed by atoms with Crippen LogP contribution in [0.5, 0.6) is 0 Å². The van der Waals surface area contributed by atoms with Gasteiger partial charge in [0.05, 0.1) is 6.61 Å². The molecule has 2 fully saturated rings. The minimum atomic E-state index is 0.0925. The van der Waals surface area contributed by atoms with Crippen molar-refractivity contribution in [2.75, 3.05) is 20.7 Å². The number of hydrogen-bond acceptors (Lipinski definition) is 3. The molecule has 142 valence electrons. The molecule has 0 aromatic heterocycles. The van der Waals surface area contributed by atoms with Crippen molar-refractivity contribution in [3.63, 3.8) is 0 Å². The van der Waals surface area contributed by atoms with E-state index in [1.54, 1.807) is 0 Å². The van der Waals surface area contributed by atoms with Crippen molar-refractivity contribution < 1.29 is 4.84 Å². The fourth-order valence-electron chi connectivity index (χ4n) is 4.99. The van der Waals surface area contributed by atoms with Crippen LogP contribution in [0.4, 0.5) is 0 Å². The highest BCUT2D eigenvalue weighted by molar-refractivity contribution is 4.99. The lowest BCUT2D eigenvalue weighted by molar-refractivity contribution is -0.293. The summed E-state index contributed by atoms with van der Waals surface area (Å²) < 4.78 is 0. The van der Waals surface area contributed by atoms with Crippen LogP contribution in [0, 0.1) is 5.92 Å². The van der Waals surface area contributed by atoms with E-state index in [1.807, 2.05) is 0 Å². The normalized spacial score (nSPS) is 27.6. The average molecular weight is 339 g/mol. The molecule has 1 saturated heterocycles. The average Bonchev–Trinajstić information content (AvgIpc) is 2.58. The summed E-state index contributed by atoms with van der Waals surface area (Å²) in [5.74, 6) is 0.751. The lowest BCUT2D eigenvalue weighted by atomic mass is 9.78. The van der Waals surface area contributed by atoms with Crippen LogP contribution in [-0.2, 0) is 4.84 Å². The van der Waals surface area contributed by atoms with Gasteiger partial charge in [0.1, 0.15) is 0 Å². The summed E-state index contributed by atoms with van der Waals surface area (Å²) in [5, 5.41) is 2.35. The fourth-order valence-corrected chi connectivity index (χ4v) is 4.99. The van der Waals surface area contributed by atoms with Crippen LogP contribution in [0.15, 0.2) is 0 Å². The molecule has 0 N–H and O–H groups in total. The highest BCUT2D eigenvalue weighted by Gasteiger charge is 2.47. The van der Waals surface area contributed by atoms with Crippen LogP contribution in [-0.4, -0.2) is 47.8 Å². The van der Waals surface area contributed by atoms with Crippen molar-refractivity contribution in [3.8, 4) is 0 Å². The Balaban J connectivity index is 1.96. The van der Waals surface area contributed by atoms with Crippen molar-refractivity contribution in [3.05, 3.63) is 0 Å². The maximum atomic E-state index is 6.53. The summed E-state index contributed by atoms with van der Waals surface area (Å²) in [6, 6.07) is 0.639. The molecule has 24 heavy (non-hydrogen) atoms. The highest BCUT2D eigenvalue weighted by atomic mass is 16.7. The largest absolute Gasteiger partial charge is 0.306 e. The quantitative estimate of drug-likeness (QED) is 0.696. The fraction of sp³-hybridized carbons (Fsp3) is 1.00. The van der Waals surface area contributed by atoms with Gasteiger partial charge in [-0.2, -0.15) is 5.06 Å². The SMILES string of the molecule is CN(C)C1CC(C)(C)N(OCC2CCCCCCCC2)C(C)(C)C1. The van der Waals surface area contributed by atoms with Crippen molar-refractivity contribution >= 4 is 0 Å². The molecule has 3 nitrogen and oxygen atoms in total. The van der Waals surface area contributed by atoms with Gasteiger partial charge in [-0.3, -0.25) is 4.84 Å². The van der Waals surface area contributed by atoms with Gasteiger partial charge in [-0.1, -0.05) is 38.5 Å². The summed E-state index contributed by atoms with van der Waals surface area (Å²) in [6.07, 6.45) is 13.6. The van der Waals surface area contributed by atoms with Gasteiger partial charge in [-0.05, 0) is 73.4 Å². The van der Waals surface area contributed by atoms with Gasteiger partial charge < -0.3 is 4.90 Å². The molecule has 2 rings (SSSR count). The van der Waals surface area contributed by atoms with Crippen LogP contribution in [0.2, 0.25) is 0 Å². The molecule has 1 aliphatic carbocycles. The van der Waals surface area contributed by atoms with Gasteiger partial charge in [-0.25, -0.2) is 0 Å². The van der Waals surface area contributed by atoms with Crippen LogP contribution in [0.1, 0.15) is 91.9 Å². The van der Waals surface area contributed by atoms with Crippen LogP contribution in [0.3, 0.4) is 0 Å². The lowest BCUT2D eigenvalue weighted by Crippen LogP contribution is -2.63. The Bertz CT molecular complexity index is 350. The van der Waals surface area contributed by atoms with Crippen LogP contribution in [0.25, 0.3) is 0 Å². The molecular weight excluding hydrogens is 296 g/mol. The molecular formula is C21H42N2O. The standard InChI is InChI=1S/C21H42N2O/c1-20(2)15-19(22(5)6)16-21(3,4)23(20)24-17-18-13-11-9-7-8-10-12-14-18/h18-19H,7-17H2,1-6H3. The van der Waals surface area contributed by atoms with Crippen molar-refractivity contribution in [1.29, 1.82) is 0 Å². The van der Waals surface area contributed by atoms with Gasteiger partial charge in [0, 0.05) is 17.1 Å². The zero-order valence-electron chi connectivity index (χ0n) is 17.2. The molecule has 0 amide bonds. The topological polar surface area (TPSA) is 15.7 Å². The van der Waals surface area contributed by atoms with Crippen LogP contribution < -0.4 is 0 Å². The molecule has 2 aliphatic rings. The third-order valence-electron chi connectivity index (χ3n) is 6.21. The Hall–Kier alpha value is -0.120. The molecule has 0 aromatic rings. The van der Waals surface area contributed by atoms with E-state index in [4.69, 9.17) is 4.84 Å². The van der Waals surface area contributed by atoms with E-state index in [2.05, 4.69) is 51.8 Å². The first-order valence-corrected chi connectivity index (χ1v) is 10.3. The number of nitrogens with zero attached hydrogens (tertiary/aromatic N) is 2. The molecule has 0 unspecified atom stereocenters. The number of piperidine rings is 1. The Labute approximate surface area is 151 Å². The third kappa shape index (κ3) is 5.44. The summed E-state index contributed by atoms with van der Waals surface area (Å²) in [7, 11) is 4.43. The monoisotopic (exact) mass is 338 g/mol. The minimum absolute atomic E-state index is 0.0925. The van der Waals surface area contributed by atoms with Gasteiger partial charge in [0.15, 0.2) is 0 Å². The van der Waals surface area contributed by atoms with Gasteiger partial charge in [-0.15, -0.1) is 0 Å². The minimum Gasteiger partial charge on any atom is -0.306 e. The number of rotatable bonds is 4. The van der Waals surface area contributed by atoms with Crippen molar-refractivity contribution in [2.24, 2.45) is 5.92 Å². The zero-order valence-corrected chi connectivity index (χ0v) is 17.2. The predicted molar refractivity (Wildman–Crippen MR) is 103 cm³/mol. The van der Waals surface area contributed by atoms with E-state index in [-0.39, 0.29) is 11.1 Å². The third-order valence-corrected chi connectivity index (χ3v) is 6.21. The van der Waals surface area contributed by atoms with Crippen molar-refractivity contribution in [2.45, 2.75) is 109 Å².